The predicted octanol–water partition coefficient (Wildman–Crippen LogP) is 3.25. The molecule has 0 amide bonds. The summed E-state index contributed by atoms with van der Waals surface area (Å²) in [7, 11) is 0. The monoisotopic (exact) mass is 392 g/mol. The molecule has 158 valence electrons. The fourth-order valence-corrected chi connectivity index (χ4v) is 8.22. The van der Waals surface area contributed by atoms with E-state index in [1.54, 1.807) is 0 Å². The second kappa shape index (κ2) is 6.53. The van der Waals surface area contributed by atoms with E-state index in [9.17, 15) is 19.8 Å². The average Bonchev–Trinajstić information content (AvgIpc) is 2.83. The van der Waals surface area contributed by atoms with Gasteiger partial charge in [0.25, 0.3) is 0 Å². The van der Waals surface area contributed by atoms with Gasteiger partial charge in [0.2, 0.25) is 0 Å². The van der Waals surface area contributed by atoms with Crippen molar-refractivity contribution in [1.29, 1.82) is 0 Å². The van der Waals surface area contributed by atoms with E-state index >= 15 is 0 Å². The highest BCUT2D eigenvalue weighted by Crippen LogP contribution is 2.68. The number of carbonyl (C=O) groups is 2. The third-order valence-corrected chi connectivity index (χ3v) is 9.71. The SMILES string of the molecule is CC(=O)O[C@@H]1CC[C@@]2(C)C(CC[C@@H]3[C@@H]2CC[C@@]2(C)[C@H]3C[C@H](O)[C@]2(O)C(C)=O)C1. The number of Topliss-reactive ketones (excluding diaryl/α,β-unsaturated/α-hetero) is 1. The minimum absolute atomic E-state index is 0.0529. The minimum Gasteiger partial charge on any atom is -0.463 e. The molecule has 0 heterocycles. The average molecular weight is 393 g/mol. The Morgan fingerprint density at radius 1 is 0.964 bits per heavy atom. The topological polar surface area (TPSA) is 83.8 Å². The Labute approximate surface area is 168 Å². The molecule has 0 aromatic carbocycles. The van der Waals surface area contributed by atoms with Gasteiger partial charge in [0.1, 0.15) is 6.10 Å². The Bertz CT molecular complexity index is 676. The van der Waals surface area contributed by atoms with Crippen molar-refractivity contribution in [1.82, 2.24) is 0 Å². The Balaban J connectivity index is 1.59. The van der Waals surface area contributed by atoms with Crippen LogP contribution in [-0.2, 0) is 14.3 Å². The Kier molecular flexibility index (Phi) is 4.74. The van der Waals surface area contributed by atoms with Gasteiger partial charge >= 0.3 is 5.97 Å². The molecule has 4 aliphatic rings. The number of rotatable bonds is 2. The first-order valence-corrected chi connectivity index (χ1v) is 11.1. The van der Waals surface area contributed by atoms with Crippen LogP contribution in [0.1, 0.15) is 79.1 Å². The van der Waals surface area contributed by atoms with Crippen molar-refractivity contribution in [3.8, 4) is 0 Å². The molecule has 4 aliphatic carbocycles. The summed E-state index contributed by atoms with van der Waals surface area (Å²) in [5, 5.41) is 21.9. The van der Waals surface area contributed by atoms with Crippen LogP contribution >= 0.6 is 0 Å². The fourth-order valence-electron chi connectivity index (χ4n) is 8.22. The molecule has 5 nitrogen and oxygen atoms in total. The van der Waals surface area contributed by atoms with Crippen LogP contribution in [0.4, 0.5) is 0 Å². The first-order valence-electron chi connectivity index (χ1n) is 11.1. The molecule has 0 aromatic heterocycles. The van der Waals surface area contributed by atoms with Gasteiger partial charge in [-0.15, -0.1) is 0 Å². The third kappa shape index (κ3) is 2.57. The molecule has 4 fully saturated rings. The lowest BCUT2D eigenvalue weighted by atomic mass is 9.44. The zero-order valence-electron chi connectivity index (χ0n) is 17.7. The molecule has 9 atom stereocenters. The zero-order chi connectivity index (χ0) is 20.5. The first kappa shape index (κ1) is 20.3. The van der Waals surface area contributed by atoms with Crippen LogP contribution in [0.3, 0.4) is 0 Å². The Morgan fingerprint density at radius 2 is 1.68 bits per heavy atom. The minimum atomic E-state index is -1.60. The molecule has 0 aliphatic heterocycles. The second-order valence-electron chi connectivity index (χ2n) is 10.7. The maximum absolute atomic E-state index is 12.4. The van der Waals surface area contributed by atoms with Crippen LogP contribution in [0.25, 0.3) is 0 Å². The summed E-state index contributed by atoms with van der Waals surface area (Å²) in [4.78, 5) is 23.8. The lowest BCUT2D eigenvalue weighted by molar-refractivity contribution is -0.183. The number of carbonyl (C=O) groups excluding carboxylic acids is 2. The standard InChI is InChI=1S/C23H36O5/c1-13(24)23(27)20(26)12-19-17-6-5-15-11-16(28-14(2)25)7-9-21(15,3)18(17)8-10-22(19,23)4/h15-20,26-27H,5-12H2,1-4H3/t15?,16-,17-,18+,19+,20+,21+,22+,23-/m1/s1. The van der Waals surface area contributed by atoms with Crippen molar-refractivity contribution in [2.75, 3.05) is 0 Å². The molecule has 0 bridgehead atoms. The third-order valence-electron chi connectivity index (χ3n) is 9.71. The van der Waals surface area contributed by atoms with Gasteiger partial charge in [-0.05, 0) is 87.4 Å². The molecule has 5 heteroatoms. The molecule has 2 N–H and O–H groups in total. The maximum atomic E-state index is 12.4. The number of ether oxygens (including phenoxy) is 1. The summed E-state index contributed by atoms with van der Waals surface area (Å²) in [5.41, 5.74) is -1.91. The van der Waals surface area contributed by atoms with Crippen LogP contribution in [-0.4, -0.2) is 39.8 Å². The van der Waals surface area contributed by atoms with Crippen molar-refractivity contribution in [2.45, 2.75) is 96.9 Å². The number of esters is 1. The zero-order valence-corrected chi connectivity index (χ0v) is 17.7. The molecule has 0 spiro atoms. The quantitative estimate of drug-likeness (QED) is 0.705. The van der Waals surface area contributed by atoms with E-state index in [4.69, 9.17) is 4.74 Å². The van der Waals surface area contributed by atoms with Gasteiger partial charge < -0.3 is 14.9 Å². The van der Waals surface area contributed by atoms with Crippen LogP contribution in [0.15, 0.2) is 0 Å². The van der Waals surface area contributed by atoms with Gasteiger partial charge in [-0.2, -0.15) is 0 Å². The molecule has 0 saturated heterocycles. The smallest absolute Gasteiger partial charge is 0.302 e. The molecule has 0 radical (unpaired) electrons. The maximum Gasteiger partial charge on any atom is 0.302 e. The van der Waals surface area contributed by atoms with Crippen molar-refractivity contribution in [3.05, 3.63) is 0 Å². The van der Waals surface area contributed by atoms with E-state index in [1.165, 1.54) is 13.8 Å². The van der Waals surface area contributed by atoms with E-state index in [0.29, 0.717) is 24.2 Å². The number of hydrogen-bond acceptors (Lipinski definition) is 5. The molecule has 4 rings (SSSR count). The van der Waals surface area contributed by atoms with Crippen LogP contribution in [0.2, 0.25) is 0 Å². The molecule has 1 unspecified atom stereocenters. The van der Waals surface area contributed by atoms with Gasteiger partial charge in [-0.1, -0.05) is 13.8 Å². The lowest BCUT2D eigenvalue weighted by Crippen LogP contribution is -2.60. The number of aliphatic hydroxyl groups is 2. The summed E-state index contributed by atoms with van der Waals surface area (Å²) in [6.45, 7) is 7.38. The predicted molar refractivity (Wildman–Crippen MR) is 104 cm³/mol. The highest BCUT2D eigenvalue weighted by atomic mass is 16.5. The Morgan fingerprint density at radius 3 is 2.32 bits per heavy atom. The number of fused-ring (bicyclic) bond motifs is 5. The van der Waals surface area contributed by atoms with Gasteiger partial charge in [0.15, 0.2) is 11.4 Å². The molecule has 0 aromatic rings. The van der Waals surface area contributed by atoms with Crippen LogP contribution in [0, 0.1) is 34.5 Å². The van der Waals surface area contributed by atoms with E-state index in [2.05, 4.69) is 6.92 Å². The number of hydrogen-bond donors (Lipinski definition) is 2. The van der Waals surface area contributed by atoms with E-state index < -0.39 is 17.1 Å². The van der Waals surface area contributed by atoms with Crippen molar-refractivity contribution >= 4 is 11.8 Å². The molecule has 28 heavy (non-hydrogen) atoms. The number of ketones is 1. The lowest BCUT2D eigenvalue weighted by Gasteiger charge is -2.61. The van der Waals surface area contributed by atoms with Crippen LogP contribution in [0.5, 0.6) is 0 Å². The largest absolute Gasteiger partial charge is 0.463 e. The van der Waals surface area contributed by atoms with Gasteiger partial charge in [0, 0.05) is 12.3 Å². The summed E-state index contributed by atoms with van der Waals surface area (Å²) in [6.07, 6.45) is 6.58. The van der Waals surface area contributed by atoms with Gasteiger partial charge in [-0.25, -0.2) is 0 Å². The molecular weight excluding hydrogens is 356 g/mol. The summed E-state index contributed by atoms with van der Waals surface area (Å²) in [5.74, 6) is 1.30. The first-order chi connectivity index (χ1) is 13.0. The van der Waals surface area contributed by atoms with Crippen molar-refractivity contribution in [3.63, 3.8) is 0 Å². The number of aliphatic hydroxyl groups excluding tert-OH is 1. The highest BCUT2D eigenvalue weighted by molar-refractivity contribution is 5.87. The van der Waals surface area contributed by atoms with Gasteiger partial charge in [-0.3, -0.25) is 9.59 Å². The van der Waals surface area contributed by atoms with Crippen molar-refractivity contribution < 1.29 is 24.5 Å². The van der Waals surface area contributed by atoms with Crippen molar-refractivity contribution in [2.24, 2.45) is 34.5 Å². The summed E-state index contributed by atoms with van der Waals surface area (Å²) in [6, 6.07) is 0. The van der Waals surface area contributed by atoms with E-state index in [0.717, 1.165) is 44.9 Å². The molecular formula is C23H36O5. The molecule has 4 saturated carbocycles. The fraction of sp³-hybridized carbons (Fsp3) is 0.913. The van der Waals surface area contributed by atoms with E-state index in [-0.39, 0.29) is 29.2 Å². The van der Waals surface area contributed by atoms with Crippen LogP contribution < -0.4 is 0 Å². The van der Waals surface area contributed by atoms with E-state index in [1.807, 2.05) is 6.92 Å². The highest BCUT2D eigenvalue weighted by Gasteiger charge is 2.69. The van der Waals surface area contributed by atoms with Gasteiger partial charge in [0.05, 0.1) is 6.10 Å². The second-order valence-corrected chi connectivity index (χ2v) is 10.7. The Hall–Kier alpha value is -0.940. The normalized spacial score (nSPS) is 52.9. The summed E-state index contributed by atoms with van der Waals surface area (Å²) < 4.78 is 5.53. The summed E-state index contributed by atoms with van der Waals surface area (Å²) >= 11 is 0.